The summed E-state index contributed by atoms with van der Waals surface area (Å²) >= 11 is 0. The van der Waals surface area contributed by atoms with Gasteiger partial charge in [-0.15, -0.1) is 0 Å². The summed E-state index contributed by atoms with van der Waals surface area (Å²) in [6.45, 7) is 9.83. The minimum atomic E-state index is 0.562. The molecule has 1 rings (SSSR count). The Morgan fingerprint density at radius 3 is 2.69 bits per heavy atom. The van der Waals surface area contributed by atoms with Crippen molar-refractivity contribution in [3.63, 3.8) is 0 Å². The van der Waals surface area contributed by atoms with Crippen LogP contribution in [0.4, 0.5) is 0 Å². The van der Waals surface area contributed by atoms with Gasteiger partial charge in [-0.2, -0.15) is 0 Å². The molecule has 0 aliphatic rings. The number of rotatable bonds is 6. The van der Waals surface area contributed by atoms with Crippen molar-refractivity contribution in [3.05, 3.63) is 29.6 Å². The Morgan fingerprint density at radius 2 is 2.06 bits per heavy atom. The summed E-state index contributed by atoms with van der Waals surface area (Å²) in [5.41, 5.74) is 2.55. The van der Waals surface area contributed by atoms with Crippen LogP contribution in [0.15, 0.2) is 18.3 Å². The van der Waals surface area contributed by atoms with Crippen LogP contribution in [0.2, 0.25) is 0 Å². The molecule has 0 saturated carbocycles. The molecule has 0 aliphatic carbocycles. The molecule has 0 saturated heterocycles. The van der Waals surface area contributed by atoms with Crippen molar-refractivity contribution in [3.8, 4) is 0 Å². The van der Waals surface area contributed by atoms with E-state index in [1.54, 1.807) is 0 Å². The van der Waals surface area contributed by atoms with Gasteiger partial charge in [-0.1, -0.05) is 26.8 Å². The molecule has 1 aromatic heterocycles. The molecule has 90 valence electrons. The van der Waals surface area contributed by atoms with Crippen molar-refractivity contribution in [2.75, 3.05) is 0 Å². The van der Waals surface area contributed by atoms with Crippen molar-refractivity contribution in [2.45, 2.75) is 53.1 Å². The molecule has 2 nitrogen and oxygen atoms in total. The second kappa shape index (κ2) is 6.64. The number of hydrogen-bond donors (Lipinski definition) is 1. The normalized spacial score (nSPS) is 13.1. The van der Waals surface area contributed by atoms with Crippen molar-refractivity contribution < 1.29 is 0 Å². The Hall–Kier alpha value is -0.890. The zero-order valence-corrected chi connectivity index (χ0v) is 11.0. The summed E-state index contributed by atoms with van der Waals surface area (Å²) in [4.78, 5) is 4.44. The van der Waals surface area contributed by atoms with Crippen LogP contribution >= 0.6 is 0 Å². The zero-order chi connectivity index (χ0) is 12.0. The lowest BCUT2D eigenvalue weighted by molar-refractivity contribution is 0.438. The van der Waals surface area contributed by atoms with Gasteiger partial charge in [0.2, 0.25) is 0 Å². The summed E-state index contributed by atoms with van der Waals surface area (Å²) in [5, 5.41) is 3.54. The van der Waals surface area contributed by atoms with E-state index in [1.165, 1.54) is 17.7 Å². The Labute approximate surface area is 99.5 Å². The SMILES string of the molecule is CCc1cccnc1CNC(C)CC(C)C. The minimum Gasteiger partial charge on any atom is -0.309 e. The number of aryl methyl sites for hydroxylation is 1. The molecule has 0 amide bonds. The zero-order valence-electron chi connectivity index (χ0n) is 11.0. The molecule has 1 atom stereocenters. The van der Waals surface area contributed by atoms with Gasteiger partial charge in [-0.3, -0.25) is 4.98 Å². The maximum atomic E-state index is 4.44. The highest BCUT2D eigenvalue weighted by atomic mass is 14.9. The first-order valence-corrected chi connectivity index (χ1v) is 6.29. The molecular weight excluding hydrogens is 196 g/mol. The molecule has 0 radical (unpaired) electrons. The number of aromatic nitrogens is 1. The van der Waals surface area contributed by atoms with Crippen molar-refractivity contribution in [2.24, 2.45) is 5.92 Å². The number of hydrogen-bond acceptors (Lipinski definition) is 2. The molecule has 0 aromatic carbocycles. The maximum Gasteiger partial charge on any atom is 0.0573 e. The van der Waals surface area contributed by atoms with Crippen LogP contribution in [-0.4, -0.2) is 11.0 Å². The van der Waals surface area contributed by atoms with Crippen LogP contribution in [-0.2, 0) is 13.0 Å². The number of nitrogens with zero attached hydrogens (tertiary/aromatic N) is 1. The van der Waals surface area contributed by atoms with Gasteiger partial charge in [0, 0.05) is 18.8 Å². The van der Waals surface area contributed by atoms with Crippen molar-refractivity contribution in [1.82, 2.24) is 10.3 Å². The van der Waals surface area contributed by atoms with Crippen LogP contribution in [0, 0.1) is 5.92 Å². The average molecular weight is 220 g/mol. The maximum absolute atomic E-state index is 4.44. The van der Waals surface area contributed by atoms with Crippen LogP contribution in [0.1, 0.15) is 45.4 Å². The quantitative estimate of drug-likeness (QED) is 0.796. The molecule has 0 bridgehead atoms. The van der Waals surface area contributed by atoms with E-state index < -0.39 is 0 Å². The Balaban J connectivity index is 2.47. The van der Waals surface area contributed by atoms with E-state index in [9.17, 15) is 0 Å². The fraction of sp³-hybridized carbons (Fsp3) is 0.643. The first kappa shape index (κ1) is 13.2. The molecule has 0 spiro atoms. The third kappa shape index (κ3) is 4.31. The molecular formula is C14H24N2. The molecule has 1 heterocycles. The molecule has 0 fully saturated rings. The molecule has 2 heteroatoms. The fourth-order valence-corrected chi connectivity index (χ4v) is 2.01. The topological polar surface area (TPSA) is 24.9 Å². The Morgan fingerprint density at radius 1 is 1.31 bits per heavy atom. The Kier molecular flexibility index (Phi) is 5.47. The predicted molar refractivity (Wildman–Crippen MR) is 69.4 cm³/mol. The van der Waals surface area contributed by atoms with E-state index in [0.29, 0.717) is 6.04 Å². The van der Waals surface area contributed by atoms with Gasteiger partial charge in [0.05, 0.1) is 5.69 Å². The number of pyridine rings is 1. The van der Waals surface area contributed by atoms with Crippen LogP contribution in [0.3, 0.4) is 0 Å². The standard InChI is InChI=1S/C14H24N2/c1-5-13-7-6-8-15-14(13)10-16-12(4)9-11(2)3/h6-8,11-12,16H,5,9-10H2,1-4H3. The minimum absolute atomic E-state index is 0.562. The van der Waals surface area contributed by atoms with Gasteiger partial charge < -0.3 is 5.32 Å². The summed E-state index contributed by atoms with van der Waals surface area (Å²) in [6.07, 6.45) is 4.15. The van der Waals surface area contributed by atoms with Gasteiger partial charge in [-0.25, -0.2) is 0 Å². The summed E-state index contributed by atoms with van der Waals surface area (Å²) < 4.78 is 0. The van der Waals surface area contributed by atoms with E-state index >= 15 is 0 Å². The van der Waals surface area contributed by atoms with E-state index in [1.807, 2.05) is 12.3 Å². The second-order valence-electron chi connectivity index (χ2n) is 4.87. The third-order valence-corrected chi connectivity index (χ3v) is 2.81. The highest BCUT2D eigenvalue weighted by Gasteiger charge is 2.06. The first-order valence-electron chi connectivity index (χ1n) is 6.29. The largest absolute Gasteiger partial charge is 0.309 e. The highest BCUT2D eigenvalue weighted by Crippen LogP contribution is 2.08. The van der Waals surface area contributed by atoms with E-state index in [2.05, 4.69) is 44.1 Å². The lowest BCUT2D eigenvalue weighted by Gasteiger charge is -2.16. The third-order valence-electron chi connectivity index (χ3n) is 2.81. The van der Waals surface area contributed by atoms with Gasteiger partial charge >= 0.3 is 0 Å². The molecule has 1 unspecified atom stereocenters. The van der Waals surface area contributed by atoms with Crippen molar-refractivity contribution in [1.29, 1.82) is 0 Å². The lowest BCUT2D eigenvalue weighted by atomic mass is 10.0. The predicted octanol–water partition coefficient (Wildman–Crippen LogP) is 3.17. The smallest absolute Gasteiger partial charge is 0.0573 e. The average Bonchev–Trinajstić information content (AvgIpc) is 2.26. The monoisotopic (exact) mass is 220 g/mol. The van der Waals surface area contributed by atoms with Crippen molar-refractivity contribution >= 4 is 0 Å². The van der Waals surface area contributed by atoms with E-state index in [0.717, 1.165) is 18.9 Å². The first-order chi connectivity index (χ1) is 7.63. The fourth-order valence-electron chi connectivity index (χ4n) is 2.01. The second-order valence-corrected chi connectivity index (χ2v) is 4.87. The molecule has 1 aromatic rings. The molecule has 1 N–H and O–H groups in total. The summed E-state index contributed by atoms with van der Waals surface area (Å²) in [7, 11) is 0. The molecule has 0 aliphatic heterocycles. The van der Waals surface area contributed by atoms with Gasteiger partial charge in [-0.05, 0) is 37.3 Å². The van der Waals surface area contributed by atoms with E-state index in [-0.39, 0.29) is 0 Å². The van der Waals surface area contributed by atoms with Crippen LogP contribution in [0.5, 0.6) is 0 Å². The number of nitrogens with one attached hydrogen (secondary N) is 1. The van der Waals surface area contributed by atoms with Crippen LogP contribution in [0.25, 0.3) is 0 Å². The summed E-state index contributed by atoms with van der Waals surface area (Å²) in [6, 6.07) is 4.74. The lowest BCUT2D eigenvalue weighted by Crippen LogP contribution is -2.27. The van der Waals surface area contributed by atoms with E-state index in [4.69, 9.17) is 0 Å². The van der Waals surface area contributed by atoms with Gasteiger partial charge in [0.15, 0.2) is 0 Å². The Bertz CT molecular complexity index is 307. The summed E-state index contributed by atoms with van der Waals surface area (Å²) in [5.74, 6) is 0.747. The molecule has 16 heavy (non-hydrogen) atoms. The van der Waals surface area contributed by atoms with Gasteiger partial charge in [0.25, 0.3) is 0 Å². The van der Waals surface area contributed by atoms with Gasteiger partial charge in [0.1, 0.15) is 0 Å². The highest BCUT2D eigenvalue weighted by molar-refractivity contribution is 5.19. The van der Waals surface area contributed by atoms with Crippen LogP contribution < -0.4 is 5.32 Å².